The zero-order valence-electron chi connectivity index (χ0n) is 5.53. The van der Waals surface area contributed by atoms with Gasteiger partial charge in [0.25, 0.3) is 0 Å². The van der Waals surface area contributed by atoms with Gasteiger partial charge in [0.05, 0.1) is 0 Å². The van der Waals surface area contributed by atoms with Crippen LogP contribution in [0.5, 0.6) is 0 Å². The quantitative estimate of drug-likeness (QED) is 0.469. The van der Waals surface area contributed by atoms with Crippen LogP contribution in [-0.4, -0.2) is 5.78 Å². The molecule has 0 aliphatic rings. The van der Waals surface area contributed by atoms with Crippen LogP contribution in [0.2, 0.25) is 0 Å². The average Bonchev–Trinajstić information content (AvgIpc) is 1.62. The molecular weight excluding hydrogens is 141 g/mol. The molecule has 4 nitrogen and oxygen atoms in total. The van der Waals surface area contributed by atoms with Crippen molar-refractivity contribution in [2.24, 2.45) is 5.92 Å². The average molecular weight is 152 g/mol. The van der Waals surface area contributed by atoms with E-state index in [-0.39, 0.29) is 5.92 Å². The fraction of sp³-hybridized carbons (Fsp3) is 1.00. The lowest BCUT2D eigenvalue weighted by Gasteiger charge is -2.34. The molecule has 0 bridgehead atoms. The van der Waals surface area contributed by atoms with Crippen LogP contribution in [0.1, 0.15) is 13.8 Å². The van der Waals surface area contributed by atoms with Gasteiger partial charge in [0.2, 0.25) is 0 Å². The monoisotopic (exact) mass is 152 g/mol. The molecule has 0 radical (unpaired) electrons. The molecular formula is C4H11NO3P-. The van der Waals surface area contributed by atoms with Crippen molar-refractivity contribution in [2.45, 2.75) is 19.6 Å². The van der Waals surface area contributed by atoms with E-state index < -0.39 is 13.4 Å². The van der Waals surface area contributed by atoms with Crippen LogP contribution < -0.4 is 15.5 Å². The van der Waals surface area contributed by atoms with Crippen molar-refractivity contribution in [3.05, 3.63) is 0 Å². The van der Waals surface area contributed by atoms with Gasteiger partial charge in [-0.3, -0.25) is 0 Å². The highest BCUT2D eigenvalue weighted by Crippen LogP contribution is 2.30. The van der Waals surface area contributed by atoms with Crippen molar-refractivity contribution in [3.8, 4) is 0 Å². The Bertz CT molecular complexity index is 130. The van der Waals surface area contributed by atoms with Gasteiger partial charge in [-0.15, -0.1) is 0 Å². The van der Waals surface area contributed by atoms with E-state index in [1.165, 1.54) is 0 Å². The standard InChI is InChI=1S/C4H12NO3P/c1-3(2)4(5)9(6,7)8/h3-4H,5H2,1-2H3,(H2,6,7,8)/p-1/t4-/m0/s1. The Morgan fingerprint density at radius 3 is 1.78 bits per heavy atom. The Hall–Kier alpha value is 0.110. The van der Waals surface area contributed by atoms with Crippen LogP contribution in [0, 0.1) is 5.92 Å². The number of quaternary nitrogens is 1. The molecule has 0 saturated heterocycles. The maximum atomic E-state index is 10.2. The van der Waals surface area contributed by atoms with E-state index in [4.69, 9.17) is 0 Å². The first-order valence-electron chi connectivity index (χ1n) is 2.70. The highest BCUT2D eigenvalue weighted by Gasteiger charge is 2.14. The SMILES string of the molecule is CC(C)[C@@H]([NH3+])P(=O)([O-])[O-]. The molecule has 0 fully saturated rings. The number of hydrogen-bond acceptors (Lipinski definition) is 3. The van der Waals surface area contributed by atoms with Crippen LogP contribution in [0.15, 0.2) is 0 Å². The highest BCUT2D eigenvalue weighted by atomic mass is 31.2. The van der Waals surface area contributed by atoms with Gasteiger partial charge in [0, 0.05) is 5.92 Å². The predicted octanol–water partition coefficient (Wildman–Crippen LogP) is -1.88. The van der Waals surface area contributed by atoms with E-state index in [0.29, 0.717) is 0 Å². The number of rotatable bonds is 2. The summed E-state index contributed by atoms with van der Waals surface area (Å²) in [6.45, 7) is 3.31. The van der Waals surface area contributed by atoms with Gasteiger partial charge in [-0.05, 0) is 7.60 Å². The molecule has 0 saturated carbocycles. The minimum atomic E-state index is -4.42. The summed E-state index contributed by atoms with van der Waals surface area (Å²) in [4.78, 5) is 20.4. The summed E-state index contributed by atoms with van der Waals surface area (Å²) in [6.07, 6.45) is 0. The molecule has 0 rings (SSSR count). The molecule has 3 N–H and O–H groups in total. The highest BCUT2D eigenvalue weighted by molar-refractivity contribution is 7.49. The fourth-order valence-electron chi connectivity index (χ4n) is 0.365. The van der Waals surface area contributed by atoms with Crippen molar-refractivity contribution in [3.63, 3.8) is 0 Å². The van der Waals surface area contributed by atoms with E-state index in [0.717, 1.165) is 0 Å². The molecule has 5 heteroatoms. The molecule has 9 heavy (non-hydrogen) atoms. The minimum Gasteiger partial charge on any atom is -0.807 e. The van der Waals surface area contributed by atoms with Crippen LogP contribution >= 0.6 is 7.60 Å². The molecule has 56 valence electrons. The van der Waals surface area contributed by atoms with Crippen molar-refractivity contribution in [1.29, 1.82) is 0 Å². The molecule has 0 aliphatic heterocycles. The Morgan fingerprint density at radius 2 is 1.78 bits per heavy atom. The first-order valence-corrected chi connectivity index (χ1v) is 4.31. The lowest BCUT2D eigenvalue weighted by atomic mass is 10.2. The minimum absolute atomic E-state index is 0.189. The predicted molar refractivity (Wildman–Crippen MR) is 29.1 cm³/mol. The van der Waals surface area contributed by atoms with Gasteiger partial charge >= 0.3 is 0 Å². The third-order valence-corrected chi connectivity index (χ3v) is 2.58. The second-order valence-corrected chi connectivity index (χ2v) is 4.09. The molecule has 0 aromatic carbocycles. The van der Waals surface area contributed by atoms with Gasteiger partial charge in [-0.1, -0.05) is 13.8 Å². The summed E-state index contributed by atoms with van der Waals surface area (Å²) in [6, 6.07) is 0. The summed E-state index contributed by atoms with van der Waals surface area (Å²) in [5, 5.41) is 0. The van der Waals surface area contributed by atoms with Crippen LogP contribution in [0.4, 0.5) is 0 Å². The lowest BCUT2D eigenvalue weighted by molar-refractivity contribution is -0.438. The summed E-state index contributed by atoms with van der Waals surface area (Å²) in [5.74, 6) is -1.18. The third kappa shape index (κ3) is 2.96. The first kappa shape index (κ1) is 9.11. The zero-order chi connectivity index (χ0) is 7.65. The third-order valence-electron chi connectivity index (χ3n) is 1.18. The van der Waals surface area contributed by atoms with Gasteiger partial charge in [0.15, 0.2) is 0 Å². The van der Waals surface area contributed by atoms with Crippen LogP contribution in [0.3, 0.4) is 0 Å². The second kappa shape index (κ2) is 2.80. The summed E-state index contributed by atoms with van der Waals surface area (Å²) >= 11 is 0. The molecule has 0 amide bonds. The van der Waals surface area contributed by atoms with Crippen LogP contribution in [-0.2, 0) is 4.57 Å². The Labute approximate surface area is 54.2 Å². The largest absolute Gasteiger partial charge is 0.807 e. The van der Waals surface area contributed by atoms with Gasteiger partial charge in [-0.2, -0.15) is 0 Å². The van der Waals surface area contributed by atoms with Crippen LogP contribution in [0.25, 0.3) is 0 Å². The molecule has 0 unspecified atom stereocenters. The molecule has 0 aliphatic carbocycles. The van der Waals surface area contributed by atoms with Crippen molar-refractivity contribution in [2.75, 3.05) is 0 Å². The van der Waals surface area contributed by atoms with Crippen molar-refractivity contribution >= 4 is 7.60 Å². The normalized spacial score (nSPS) is 16.2. The smallest absolute Gasteiger partial charge is 0.112 e. The summed E-state index contributed by atoms with van der Waals surface area (Å²) < 4.78 is 10.2. The Kier molecular flexibility index (Phi) is 2.83. The molecule has 1 atom stereocenters. The first-order chi connectivity index (χ1) is 3.85. The van der Waals surface area contributed by atoms with E-state index in [9.17, 15) is 14.4 Å². The molecule has 0 aromatic heterocycles. The fourth-order valence-corrected chi connectivity index (χ4v) is 1.10. The maximum absolute atomic E-state index is 10.2. The topological polar surface area (TPSA) is 90.8 Å². The van der Waals surface area contributed by atoms with Gasteiger partial charge in [-0.25, -0.2) is 0 Å². The Balaban J connectivity index is 4.05. The van der Waals surface area contributed by atoms with Gasteiger partial charge in [0.1, 0.15) is 5.78 Å². The number of hydrogen-bond donors (Lipinski definition) is 1. The summed E-state index contributed by atoms with van der Waals surface area (Å²) in [7, 11) is -4.42. The Morgan fingerprint density at radius 1 is 1.44 bits per heavy atom. The molecule has 0 spiro atoms. The van der Waals surface area contributed by atoms with Gasteiger partial charge < -0.3 is 20.1 Å². The zero-order valence-corrected chi connectivity index (χ0v) is 6.43. The molecule has 0 heterocycles. The maximum Gasteiger partial charge on any atom is 0.112 e. The van der Waals surface area contributed by atoms with E-state index in [2.05, 4.69) is 5.73 Å². The van der Waals surface area contributed by atoms with Crippen molar-refractivity contribution in [1.82, 2.24) is 0 Å². The lowest BCUT2D eigenvalue weighted by Crippen LogP contribution is -2.65. The van der Waals surface area contributed by atoms with E-state index in [1.54, 1.807) is 13.8 Å². The van der Waals surface area contributed by atoms with Crippen molar-refractivity contribution < 1.29 is 20.1 Å². The summed E-state index contributed by atoms with van der Waals surface area (Å²) in [5.41, 5.74) is 3.22. The molecule has 0 aromatic rings. The van der Waals surface area contributed by atoms with E-state index in [1.807, 2.05) is 0 Å². The second-order valence-electron chi connectivity index (χ2n) is 2.35. The van der Waals surface area contributed by atoms with E-state index >= 15 is 0 Å².